The van der Waals surface area contributed by atoms with Crippen LogP contribution in [-0.4, -0.2) is 47.8 Å². The van der Waals surface area contributed by atoms with E-state index in [1.54, 1.807) is 5.57 Å². The fourth-order valence-corrected chi connectivity index (χ4v) is 5.67. The Hall–Kier alpha value is -0.380. The van der Waals surface area contributed by atoms with E-state index < -0.39 is 0 Å². The van der Waals surface area contributed by atoms with Crippen molar-refractivity contribution in [2.75, 3.05) is 13.6 Å². The average molecular weight is 304 g/mol. The molecule has 4 rings (SSSR count). The van der Waals surface area contributed by atoms with Crippen LogP contribution >= 0.6 is 0 Å². The Bertz CT molecular complexity index is 435. The van der Waals surface area contributed by atoms with Gasteiger partial charge in [-0.15, -0.1) is 0 Å². The summed E-state index contributed by atoms with van der Waals surface area (Å²) < 4.78 is 0. The van der Waals surface area contributed by atoms with Crippen molar-refractivity contribution in [2.24, 2.45) is 11.8 Å². The fourth-order valence-electron chi connectivity index (χ4n) is 5.67. The predicted molar refractivity (Wildman–Crippen MR) is 89.8 cm³/mol. The molecular formula is C19H32N2O. The van der Waals surface area contributed by atoms with E-state index in [0.717, 1.165) is 30.7 Å². The third-order valence-corrected chi connectivity index (χ3v) is 6.96. The molecule has 0 spiro atoms. The number of nitrogens with zero attached hydrogens (tertiary/aromatic N) is 1. The van der Waals surface area contributed by atoms with Gasteiger partial charge < -0.3 is 15.3 Å². The quantitative estimate of drug-likeness (QED) is 0.731. The van der Waals surface area contributed by atoms with Crippen LogP contribution in [0.1, 0.15) is 57.8 Å². The van der Waals surface area contributed by atoms with E-state index in [0.29, 0.717) is 12.1 Å². The molecule has 2 saturated heterocycles. The van der Waals surface area contributed by atoms with E-state index in [4.69, 9.17) is 0 Å². The first-order valence-electron chi connectivity index (χ1n) is 9.54. The van der Waals surface area contributed by atoms with Gasteiger partial charge in [-0.3, -0.25) is 0 Å². The lowest BCUT2D eigenvalue weighted by Crippen LogP contribution is -2.52. The second-order valence-electron chi connectivity index (χ2n) is 8.30. The molecule has 4 aliphatic rings. The molecule has 3 fully saturated rings. The smallest absolute Gasteiger partial charge is 0.0544 e. The molecule has 22 heavy (non-hydrogen) atoms. The minimum absolute atomic E-state index is 0.0352. The highest BCUT2D eigenvalue weighted by atomic mass is 16.3. The van der Waals surface area contributed by atoms with Gasteiger partial charge in [-0.25, -0.2) is 0 Å². The third kappa shape index (κ3) is 2.88. The van der Waals surface area contributed by atoms with Crippen LogP contribution in [0.2, 0.25) is 0 Å². The lowest BCUT2D eigenvalue weighted by atomic mass is 9.72. The molecule has 0 aromatic carbocycles. The number of fused-ring (bicyclic) bond motifs is 2. The molecule has 2 aliphatic heterocycles. The normalized spacial score (nSPS) is 46.5. The Labute approximate surface area is 135 Å². The standard InChI is InChI=1S/C19H32N2O/c1-21-10-2-3-15-11-13(5-9-19(15)21)17-7-4-14-12-16(22)6-8-18(14)20-17/h5,14-20,22H,2-4,6-12H2,1H3/t14-,15-,16?,17?,18+,19?/m1/s1. The number of hydrogen-bond donors (Lipinski definition) is 2. The number of aliphatic hydroxyl groups excluding tert-OH is 1. The van der Waals surface area contributed by atoms with Crippen molar-refractivity contribution in [1.82, 2.24) is 10.2 Å². The van der Waals surface area contributed by atoms with E-state index in [2.05, 4.69) is 23.3 Å². The van der Waals surface area contributed by atoms with Crippen LogP contribution in [0.5, 0.6) is 0 Å². The topological polar surface area (TPSA) is 35.5 Å². The second-order valence-corrected chi connectivity index (χ2v) is 8.30. The van der Waals surface area contributed by atoms with Crippen molar-refractivity contribution < 1.29 is 5.11 Å². The highest BCUT2D eigenvalue weighted by molar-refractivity contribution is 5.19. The molecule has 2 heterocycles. The summed E-state index contributed by atoms with van der Waals surface area (Å²) in [7, 11) is 2.31. The van der Waals surface area contributed by atoms with Gasteiger partial charge in [-0.1, -0.05) is 11.6 Å². The summed E-state index contributed by atoms with van der Waals surface area (Å²) in [6.45, 7) is 1.29. The molecule has 0 bridgehead atoms. The first-order valence-corrected chi connectivity index (χ1v) is 9.54. The first-order chi connectivity index (χ1) is 10.7. The molecule has 2 N–H and O–H groups in total. The van der Waals surface area contributed by atoms with E-state index in [9.17, 15) is 5.11 Å². The van der Waals surface area contributed by atoms with Crippen LogP contribution in [0, 0.1) is 11.8 Å². The summed E-state index contributed by atoms with van der Waals surface area (Å²) in [5.74, 6) is 1.62. The molecule has 0 radical (unpaired) electrons. The molecule has 2 aliphatic carbocycles. The van der Waals surface area contributed by atoms with Crippen molar-refractivity contribution in [2.45, 2.75) is 82.0 Å². The zero-order valence-corrected chi connectivity index (χ0v) is 14.0. The Morgan fingerprint density at radius 2 is 2.05 bits per heavy atom. The zero-order valence-electron chi connectivity index (χ0n) is 14.0. The molecule has 3 unspecified atom stereocenters. The van der Waals surface area contributed by atoms with Crippen molar-refractivity contribution in [3.05, 3.63) is 11.6 Å². The zero-order chi connectivity index (χ0) is 15.1. The van der Waals surface area contributed by atoms with Crippen LogP contribution in [0.15, 0.2) is 11.6 Å². The van der Waals surface area contributed by atoms with Crippen LogP contribution in [-0.2, 0) is 0 Å². The van der Waals surface area contributed by atoms with Crippen LogP contribution < -0.4 is 5.32 Å². The molecular weight excluding hydrogens is 272 g/mol. The van der Waals surface area contributed by atoms with E-state index in [-0.39, 0.29) is 6.10 Å². The number of hydrogen-bond acceptors (Lipinski definition) is 3. The van der Waals surface area contributed by atoms with Crippen LogP contribution in [0.3, 0.4) is 0 Å². The highest BCUT2D eigenvalue weighted by Crippen LogP contribution is 2.39. The second kappa shape index (κ2) is 6.26. The van der Waals surface area contributed by atoms with Gasteiger partial charge in [0.1, 0.15) is 0 Å². The largest absolute Gasteiger partial charge is 0.393 e. The first kappa shape index (κ1) is 15.2. The predicted octanol–water partition coefficient (Wildman–Crippen LogP) is 2.70. The lowest BCUT2D eigenvalue weighted by Gasteiger charge is -2.46. The maximum Gasteiger partial charge on any atom is 0.0544 e. The van der Waals surface area contributed by atoms with Crippen LogP contribution in [0.25, 0.3) is 0 Å². The van der Waals surface area contributed by atoms with Gasteiger partial charge in [0.05, 0.1) is 6.10 Å². The number of rotatable bonds is 1. The van der Waals surface area contributed by atoms with Gasteiger partial charge in [0.2, 0.25) is 0 Å². The maximum atomic E-state index is 9.87. The molecule has 0 aromatic rings. The fraction of sp³-hybridized carbons (Fsp3) is 0.895. The van der Waals surface area contributed by atoms with Gasteiger partial charge in [-0.2, -0.15) is 0 Å². The Morgan fingerprint density at radius 3 is 2.95 bits per heavy atom. The van der Waals surface area contributed by atoms with Gasteiger partial charge in [0.25, 0.3) is 0 Å². The number of nitrogens with one attached hydrogen (secondary N) is 1. The maximum absolute atomic E-state index is 9.87. The third-order valence-electron chi connectivity index (χ3n) is 6.96. The number of aliphatic hydroxyl groups is 1. The summed E-state index contributed by atoms with van der Waals surface area (Å²) in [4.78, 5) is 2.59. The molecule has 0 amide bonds. The minimum Gasteiger partial charge on any atom is -0.393 e. The summed E-state index contributed by atoms with van der Waals surface area (Å²) in [6.07, 6.45) is 13.7. The summed E-state index contributed by atoms with van der Waals surface area (Å²) in [5.41, 5.74) is 1.71. The van der Waals surface area contributed by atoms with Crippen molar-refractivity contribution >= 4 is 0 Å². The average Bonchev–Trinajstić information content (AvgIpc) is 2.54. The Balaban J connectivity index is 1.41. The number of piperidine rings is 2. The van der Waals surface area contributed by atoms with E-state index >= 15 is 0 Å². The lowest BCUT2D eigenvalue weighted by molar-refractivity contribution is 0.0595. The van der Waals surface area contributed by atoms with Crippen molar-refractivity contribution in [3.8, 4) is 0 Å². The van der Waals surface area contributed by atoms with Crippen LogP contribution in [0.4, 0.5) is 0 Å². The van der Waals surface area contributed by atoms with E-state index in [1.165, 1.54) is 51.5 Å². The van der Waals surface area contributed by atoms with Gasteiger partial charge in [0, 0.05) is 18.1 Å². The Kier molecular flexibility index (Phi) is 4.31. The molecule has 3 heteroatoms. The number of likely N-dealkylation sites (tertiary alicyclic amines) is 1. The summed E-state index contributed by atoms with van der Waals surface area (Å²) >= 11 is 0. The van der Waals surface area contributed by atoms with E-state index in [1.807, 2.05) is 0 Å². The van der Waals surface area contributed by atoms with Gasteiger partial charge >= 0.3 is 0 Å². The van der Waals surface area contributed by atoms with Crippen molar-refractivity contribution in [3.63, 3.8) is 0 Å². The summed E-state index contributed by atoms with van der Waals surface area (Å²) in [6, 6.07) is 2.10. The SMILES string of the molecule is CN1CCC[C@@H]2CC(C3CC[C@@H]4CC(O)CC[C@@H]4N3)=CCC21. The minimum atomic E-state index is -0.0352. The van der Waals surface area contributed by atoms with Gasteiger partial charge in [0.15, 0.2) is 0 Å². The van der Waals surface area contributed by atoms with Crippen molar-refractivity contribution in [1.29, 1.82) is 0 Å². The molecule has 0 aromatic heterocycles. The molecule has 3 nitrogen and oxygen atoms in total. The Morgan fingerprint density at radius 1 is 1.14 bits per heavy atom. The molecule has 6 atom stereocenters. The van der Waals surface area contributed by atoms with Gasteiger partial charge in [-0.05, 0) is 83.2 Å². The molecule has 124 valence electrons. The summed E-state index contributed by atoms with van der Waals surface area (Å²) in [5, 5.41) is 13.8. The highest BCUT2D eigenvalue weighted by Gasteiger charge is 2.38. The monoisotopic (exact) mass is 304 g/mol. The molecule has 1 saturated carbocycles.